The molecule has 0 aliphatic carbocycles. The van der Waals surface area contributed by atoms with Crippen LogP contribution in [0.2, 0.25) is 0 Å². The monoisotopic (exact) mass is 258 g/mol. The summed E-state index contributed by atoms with van der Waals surface area (Å²) >= 11 is 2.99. The number of ether oxygens (including phenoxy) is 1. The third kappa shape index (κ3) is 3.89. The number of carbonyl (C=O) groups is 1. The van der Waals surface area contributed by atoms with Crippen molar-refractivity contribution in [1.29, 1.82) is 0 Å². The van der Waals surface area contributed by atoms with E-state index in [1.165, 1.54) is 0 Å². The molecule has 76 valence electrons. The van der Waals surface area contributed by atoms with Gasteiger partial charge in [-0.3, -0.25) is 4.79 Å². The number of halogens is 1. The maximum atomic E-state index is 10.4. The molecule has 0 aliphatic heterocycles. The molecule has 4 heteroatoms. The fraction of sp³-hybridized carbons (Fsp3) is 0.300. The van der Waals surface area contributed by atoms with Gasteiger partial charge >= 0.3 is 5.97 Å². The Balaban J connectivity index is 2.26. The van der Waals surface area contributed by atoms with E-state index in [4.69, 9.17) is 9.84 Å². The van der Waals surface area contributed by atoms with Crippen LogP contribution in [0.5, 0.6) is 0 Å². The Morgan fingerprint density at radius 2 is 2.07 bits per heavy atom. The third-order valence-electron chi connectivity index (χ3n) is 1.64. The summed E-state index contributed by atoms with van der Waals surface area (Å²) in [5.41, 5.74) is 1.04. The van der Waals surface area contributed by atoms with E-state index in [-0.39, 0.29) is 6.61 Å². The van der Waals surface area contributed by atoms with Gasteiger partial charge in [0, 0.05) is 0 Å². The number of hydrogen-bond donors (Lipinski definition) is 1. The molecule has 0 aromatic heterocycles. The van der Waals surface area contributed by atoms with E-state index in [0.717, 1.165) is 5.56 Å². The van der Waals surface area contributed by atoms with E-state index in [9.17, 15) is 4.79 Å². The molecule has 0 bridgehead atoms. The standard InChI is InChI=1S/C10H11BrO3/c11-9(10(12)13)7-14-6-8-4-2-1-3-5-8/h1-5,9H,6-7H2,(H,12,13)/t9-/m1/s1. The Labute approximate surface area is 90.8 Å². The number of aliphatic carboxylic acids is 1. The molecule has 0 saturated carbocycles. The maximum Gasteiger partial charge on any atom is 0.319 e. The summed E-state index contributed by atoms with van der Waals surface area (Å²) in [6.07, 6.45) is 0. The minimum absolute atomic E-state index is 0.171. The van der Waals surface area contributed by atoms with Gasteiger partial charge in [-0.05, 0) is 5.56 Å². The van der Waals surface area contributed by atoms with Crippen molar-refractivity contribution in [2.24, 2.45) is 0 Å². The molecule has 14 heavy (non-hydrogen) atoms. The molecule has 0 amide bonds. The van der Waals surface area contributed by atoms with E-state index in [1.54, 1.807) is 0 Å². The molecule has 0 fully saturated rings. The summed E-state index contributed by atoms with van der Waals surface area (Å²) in [7, 11) is 0. The van der Waals surface area contributed by atoms with Crippen LogP contribution in [0.15, 0.2) is 30.3 Å². The van der Waals surface area contributed by atoms with Crippen LogP contribution in [0.3, 0.4) is 0 Å². The lowest BCUT2D eigenvalue weighted by atomic mass is 10.2. The molecule has 3 nitrogen and oxygen atoms in total. The van der Waals surface area contributed by atoms with Gasteiger partial charge in [-0.1, -0.05) is 46.3 Å². The maximum absolute atomic E-state index is 10.4. The highest BCUT2D eigenvalue weighted by molar-refractivity contribution is 9.10. The van der Waals surface area contributed by atoms with Crippen molar-refractivity contribution in [2.45, 2.75) is 11.4 Å². The van der Waals surface area contributed by atoms with Gasteiger partial charge in [0.2, 0.25) is 0 Å². The van der Waals surface area contributed by atoms with Crippen molar-refractivity contribution in [1.82, 2.24) is 0 Å². The van der Waals surface area contributed by atoms with E-state index in [0.29, 0.717) is 6.61 Å². The lowest BCUT2D eigenvalue weighted by Gasteiger charge is -2.06. The second kappa shape index (κ2) is 5.78. The van der Waals surface area contributed by atoms with Crippen molar-refractivity contribution < 1.29 is 14.6 Å². The molecule has 0 aliphatic rings. The van der Waals surface area contributed by atoms with E-state index in [1.807, 2.05) is 30.3 Å². The predicted molar refractivity (Wildman–Crippen MR) is 56.4 cm³/mol. The van der Waals surface area contributed by atoms with Crippen LogP contribution in [-0.4, -0.2) is 22.5 Å². The highest BCUT2D eigenvalue weighted by atomic mass is 79.9. The molecule has 0 heterocycles. The first-order chi connectivity index (χ1) is 6.70. The van der Waals surface area contributed by atoms with Gasteiger partial charge < -0.3 is 9.84 Å². The van der Waals surface area contributed by atoms with Gasteiger partial charge in [0.25, 0.3) is 0 Å². The molecule has 1 N–H and O–H groups in total. The van der Waals surface area contributed by atoms with E-state index >= 15 is 0 Å². The molecule has 1 atom stereocenters. The van der Waals surface area contributed by atoms with Gasteiger partial charge in [-0.25, -0.2) is 0 Å². The molecule has 1 rings (SSSR count). The Morgan fingerprint density at radius 3 is 2.64 bits per heavy atom. The van der Waals surface area contributed by atoms with Gasteiger partial charge in [0.15, 0.2) is 0 Å². The molecule has 0 unspecified atom stereocenters. The smallest absolute Gasteiger partial charge is 0.319 e. The average molecular weight is 259 g/mol. The van der Waals surface area contributed by atoms with Crippen LogP contribution in [-0.2, 0) is 16.1 Å². The summed E-state index contributed by atoms with van der Waals surface area (Å²) in [6.45, 7) is 0.612. The summed E-state index contributed by atoms with van der Waals surface area (Å²) in [6, 6.07) is 9.63. The third-order valence-corrected chi connectivity index (χ3v) is 2.30. The van der Waals surface area contributed by atoms with Crippen LogP contribution >= 0.6 is 15.9 Å². The van der Waals surface area contributed by atoms with Crippen LogP contribution in [0.25, 0.3) is 0 Å². The molecule has 0 spiro atoms. The largest absolute Gasteiger partial charge is 0.480 e. The number of alkyl halides is 1. The zero-order valence-electron chi connectivity index (χ0n) is 7.52. The molecular weight excluding hydrogens is 248 g/mol. The zero-order valence-corrected chi connectivity index (χ0v) is 9.11. The van der Waals surface area contributed by atoms with Crippen molar-refractivity contribution in [3.8, 4) is 0 Å². The summed E-state index contributed by atoms with van der Waals surface area (Å²) in [4.78, 5) is 9.78. The highest BCUT2D eigenvalue weighted by Crippen LogP contribution is 2.04. The van der Waals surface area contributed by atoms with Crippen LogP contribution in [0.4, 0.5) is 0 Å². The summed E-state index contributed by atoms with van der Waals surface area (Å²) in [5.74, 6) is -0.905. The van der Waals surface area contributed by atoms with Crippen LogP contribution in [0, 0.1) is 0 Å². The van der Waals surface area contributed by atoms with Crippen molar-refractivity contribution >= 4 is 21.9 Å². The normalized spacial score (nSPS) is 12.4. The number of benzene rings is 1. The molecular formula is C10H11BrO3. The van der Waals surface area contributed by atoms with Crippen molar-refractivity contribution in [3.05, 3.63) is 35.9 Å². The Morgan fingerprint density at radius 1 is 1.43 bits per heavy atom. The second-order valence-electron chi connectivity index (χ2n) is 2.81. The SMILES string of the molecule is O=C(O)[C@H](Br)COCc1ccccc1. The lowest BCUT2D eigenvalue weighted by Crippen LogP contribution is -2.19. The van der Waals surface area contributed by atoms with Gasteiger partial charge in [-0.15, -0.1) is 0 Å². The summed E-state index contributed by atoms with van der Waals surface area (Å²) in [5, 5.41) is 8.55. The van der Waals surface area contributed by atoms with E-state index < -0.39 is 10.8 Å². The molecule has 1 aromatic carbocycles. The summed E-state index contributed by atoms with van der Waals surface area (Å²) < 4.78 is 5.22. The minimum atomic E-state index is -0.905. The highest BCUT2D eigenvalue weighted by Gasteiger charge is 2.12. The van der Waals surface area contributed by atoms with Crippen LogP contribution in [0.1, 0.15) is 5.56 Å². The first-order valence-electron chi connectivity index (χ1n) is 4.18. The molecule has 0 radical (unpaired) electrons. The van der Waals surface area contributed by atoms with Crippen molar-refractivity contribution in [3.63, 3.8) is 0 Å². The van der Waals surface area contributed by atoms with Gasteiger partial charge in [0.1, 0.15) is 4.83 Å². The van der Waals surface area contributed by atoms with Crippen LogP contribution < -0.4 is 0 Å². The Bertz CT molecular complexity index is 287. The Hall–Kier alpha value is -0.870. The molecule has 1 aromatic rings. The first-order valence-corrected chi connectivity index (χ1v) is 5.10. The fourth-order valence-electron chi connectivity index (χ4n) is 0.926. The number of rotatable bonds is 5. The Kier molecular flexibility index (Phi) is 4.62. The quantitative estimate of drug-likeness (QED) is 0.823. The number of hydrogen-bond acceptors (Lipinski definition) is 2. The predicted octanol–water partition coefficient (Wildman–Crippen LogP) is 2.05. The fourth-order valence-corrected chi connectivity index (χ4v) is 1.11. The average Bonchev–Trinajstić information content (AvgIpc) is 2.19. The zero-order chi connectivity index (χ0) is 10.4. The topological polar surface area (TPSA) is 46.5 Å². The minimum Gasteiger partial charge on any atom is -0.480 e. The van der Waals surface area contributed by atoms with Crippen molar-refractivity contribution in [2.75, 3.05) is 6.61 Å². The van der Waals surface area contributed by atoms with E-state index in [2.05, 4.69) is 15.9 Å². The first kappa shape index (κ1) is 11.2. The molecule has 0 saturated heterocycles. The van der Waals surface area contributed by atoms with Gasteiger partial charge in [0.05, 0.1) is 13.2 Å². The van der Waals surface area contributed by atoms with Gasteiger partial charge in [-0.2, -0.15) is 0 Å². The number of carboxylic acids is 1. The lowest BCUT2D eigenvalue weighted by molar-refractivity contribution is -0.137. The second-order valence-corrected chi connectivity index (χ2v) is 3.91. The number of carboxylic acid groups (broad SMARTS) is 1.